The van der Waals surface area contributed by atoms with E-state index in [1.807, 2.05) is 37.3 Å². The van der Waals surface area contributed by atoms with Crippen molar-refractivity contribution in [2.75, 3.05) is 0 Å². The quantitative estimate of drug-likeness (QED) is 0.680. The van der Waals surface area contributed by atoms with Gasteiger partial charge in [0.25, 0.3) is 0 Å². The van der Waals surface area contributed by atoms with Crippen LogP contribution in [0.5, 0.6) is 0 Å². The van der Waals surface area contributed by atoms with Crippen molar-refractivity contribution in [2.45, 2.75) is 13.0 Å². The molecule has 58 valence electrons. The number of rotatable bonds is 2. The highest BCUT2D eigenvalue weighted by atomic mass is 14.6. The maximum Gasteiger partial charge on any atom is 0.0198 e. The largest absolute Gasteiger partial charge is 0.325 e. The summed E-state index contributed by atoms with van der Waals surface area (Å²) in [6, 6.07) is 10.3. The summed E-state index contributed by atoms with van der Waals surface area (Å²) in [5.74, 6) is 0. The molecule has 0 saturated carbocycles. The third-order valence-electron chi connectivity index (χ3n) is 1.39. The first-order valence-corrected chi connectivity index (χ1v) is 3.78. The Morgan fingerprint density at radius 1 is 1.27 bits per heavy atom. The Morgan fingerprint density at radius 3 is 2.45 bits per heavy atom. The zero-order valence-electron chi connectivity index (χ0n) is 6.70. The van der Waals surface area contributed by atoms with E-state index in [2.05, 4.69) is 12.1 Å². The van der Waals surface area contributed by atoms with Crippen LogP contribution in [0, 0.1) is 0 Å². The normalized spacial score (nSPS) is 13.6. The zero-order chi connectivity index (χ0) is 8.10. The van der Waals surface area contributed by atoms with Gasteiger partial charge < -0.3 is 5.73 Å². The Kier molecular flexibility index (Phi) is 2.87. The van der Waals surface area contributed by atoms with Crippen molar-refractivity contribution in [1.29, 1.82) is 0 Å². The van der Waals surface area contributed by atoms with E-state index in [4.69, 9.17) is 5.73 Å². The molecule has 0 aliphatic heterocycles. The van der Waals surface area contributed by atoms with Crippen molar-refractivity contribution in [3.8, 4) is 0 Å². The molecule has 1 nitrogen and oxygen atoms in total. The monoisotopic (exact) mass is 147 g/mol. The Morgan fingerprint density at radius 2 is 1.91 bits per heavy atom. The minimum Gasteiger partial charge on any atom is -0.325 e. The smallest absolute Gasteiger partial charge is 0.0198 e. The summed E-state index contributed by atoms with van der Waals surface area (Å²) in [6.07, 6.45) is 4.01. The number of nitrogens with two attached hydrogens (primary N) is 1. The van der Waals surface area contributed by atoms with Crippen LogP contribution >= 0.6 is 0 Å². The standard InChI is InChI=1S/C10H13N/c1-9(11)7-8-10-5-3-2-4-6-10/h2-9H,11H2,1H3/b8-7-. The van der Waals surface area contributed by atoms with Gasteiger partial charge in [-0.05, 0) is 12.5 Å². The predicted molar refractivity (Wildman–Crippen MR) is 49.1 cm³/mol. The van der Waals surface area contributed by atoms with Crippen LogP contribution in [0.3, 0.4) is 0 Å². The Balaban J connectivity index is 2.65. The van der Waals surface area contributed by atoms with E-state index in [1.165, 1.54) is 5.56 Å². The second-order valence-electron chi connectivity index (χ2n) is 2.63. The molecule has 11 heavy (non-hydrogen) atoms. The van der Waals surface area contributed by atoms with Gasteiger partial charge in [-0.25, -0.2) is 0 Å². The fraction of sp³-hybridized carbons (Fsp3) is 0.200. The average molecular weight is 147 g/mol. The SMILES string of the molecule is CC(N)/C=C\c1ccccc1. The van der Waals surface area contributed by atoms with Gasteiger partial charge in [0.1, 0.15) is 0 Å². The maximum absolute atomic E-state index is 5.55. The molecule has 0 amide bonds. The van der Waals surface area contributed by atoms with Crippen LogP contribution in [0.2, 0.25) is 0 Å². The van der Waals surface area contributed by atoms with Crippen LogP contribution in [0.1, 0.15) is 12.5 Å². The lowest BCUT2D eigenvalue weighted by Gasteiger charge is -1.94. The molecule has 0 heterocycles. The summed E-state index contributed by atoms with van der Waals surface area (Å²) in [5.41, 5.74) is 6.75. The van der Waals surface area contributed by atoms with Gasteiger partial charge in [-0.3, -0.25) is 0 Å². The third kappa shape index (κ3) is 3.01. The van der Waals surface area contributed by atoms with Crippen molar-refractivity contribution in [2.24, 2.45) is 5.73 Å². The fourth-order valence-electron chi connectivity index (χ4n) is 0.827. The van der Waals surface area contributed by atoms with Gasteiger partial charge in [0, 0.05) is 6.04 Å². The van der Waals surface area contributed by atoms with Gasteiger partial charge in [0.2, 0.25) is 0 Å². The van der Waals surface area contributed by atoms with E-state index in [9.17, 15) is 0 Å². The van der Waals surface area contributed by atoms with Gasteiger partial charge in [-0.1, -0.05) is 42.5 Å². The highest BCUT2D eigenvalue weighted by Gasteiger charge is 1.84. The maximum atomic E-state index is 5.55. The summed E-state index contributed by atoms with van der Waals surface area (Å²) in [7, 11) is 0. The molecule has 0 fully saturated rings. The first-order valence-electron chi connectivity index (χ1n) is 3.78. The van der Waals surface area contributed by atoms with Gasteiger partial charge in [0.05, 0.1) is 0 Å². The molecular weight excluding hydrogens is 134 g/mol. The summed E-state index contributed by atoms with van der Waals surface area (Å²) in [6.45, 7) is 1.96. The topological polar surface area (TPSA) is 26.0 Å². The highest BCUT2D eigenvalue weighted by molar-refractivity contribution is 5.49. The van der Waals surface area contributed by atoms with Crippen LogP contribution in [0.4, 0.5) is 0 Å². The molecule has 1 unspecified atom stereocenters. The zero-order valence-corrected chi connectivity index (χ0v) is 6.70. The molecule has 0 bridgehead atoms. The third-order valence-corrected chi connectivity index (χ3v) is 1.39. The summed E-state index contributed by atoms with van der Waals surface area (Å²) < 4.78 is 0. The predicted octanol–water partition coefficient (Wildman–Crippen LogP) is 2.05. The van der Waals surface area contributed by atoms with E-state index >= 15 is 0 Å². The van der Waals surface area contributed by atoms with Gasteiger partial charge in [0.15, 0.2) is 0 Å². The molecule has 0 radical (unpaired) electrons. The van der Waals surface area contributed by atoms with Crippen molar-refractivity contribution in [1.82, 2.24) is 0 Å². The minimum absolute atomic E-state index is 0.134. The first-order chi connectivity index (χ1) is 5.29. The van der Waals surface area contributed by atoms with Crippen LogP contribution in [0.15, 0.2) is 36.4 Å². The van der Waals surface area contributed by atoms with E-state index in [-0.39, 0.29) is 6.04 Å². The lowest BCUT2D eigenvalue weighted by molar-refractivity contribution is 0.931. The fourth-order valence-corrected chi connectivity index (χ4v) is 0.827. The molecule has 0 aliphatic rings. The van der Waals surface area contributed by atoms with E-state index in [0.29, 0.717) is 0 Å². The lowest BCUT2D eigenvalue weighted by Crippen LogP contribution is -2.09. The van der Waals surface area contributed by atoms with Gasteiger partial charge >= 0.3 is 0 Å². The molecule has 1 heteroatoms. The molecule has 0 saturated heterocycles. The molecule has 1 atom stereocenters. The lowest BCUT2D eigenvalue weighted by atomic mass is 10.2. The van der Waals surface area contributed by atoms with Gasteiger partial charge in [-0.15, -0.1) is 0 Å². The second-order valence-corrected chi connectivity index (χ2v) is 2.63. The first kappa shape index (κ1) is 8.02. The van der Waals surface area contributed by atoms with Crippen molar-refractivity contribution in [3.05, 3.63) is 42.0 Å². The molecule has 0 aliphatic carbocycles. The van der Waals surface area contributed by atoms with Crippen LogP contribution in [0.25, 0.3) is 6.08 Å². The number of hydrogen-bond donors (Lipinski definition) is 1. The van der Waals surface area contributed by atoms with Crippen molar-refractivity contribution < 1.29 is 0 Å². The average Bonchev–Trinajstić information content (AvgIpc) is 2.03. The number of benzene rings is 1. The van der Waals surface area contributed by atoms with E-state index in [0.717, 1.165) is 0 Å². The van der Waals surface area contributed by atoms with E-state index < -0.39 is 0 Å². The Bertz CT molecular complexity index is 224. The molecular formula is C10H13N. The van der Waals surface area contributed by atoms with Crippen LogP contribution in [-0.4, -0.2) is 6.04 Å². The van der Waals surface area contributed by atoms with Crippen LogP contribution in [-0.2, 0) is 0 Å². The summed E-state index contributed by atoms with van der Waals surface area (Å²) in [5, 5.41) is 0. The molecule has 1 aromatic rings. The van der Waals surface area contributed by atoms with Crippen molar-refractivity contribution in [3.63, 3.8) is 0 Å². The molecule has 0 aromatic heterocycles. The molecule has 1 rings (SSSR count). The Labute approximate surface area is 67.5 Å². The molecule has 0 spiro atoms. The summed E-state index contributed by atoms with van der Waals surface area (Å²) >= 11 is 0. The Hall–Kier alpha value is -1.08. The second kappa shape index (κ2) is 3.94. The van der Waals surface area contributed by atoms with Crippen molar-refractivity contribution >= 4 is 6.08 Å². The number of hydrogen-bond acceptors (Lipinski definition) is 1. The molecule has 2 N–H and O–H groups in total. The van der Waals surface area contributed by atoms with Crippen LogP contribution < -0.4 is 5.73 Å². The highest BCUT2D eigenvalue weighted by Crippen LogP contribution is 2.00. The molecule has 1 aromatic carbocycles. The van der Waals surface area contributed by atoms with E-state index in [1.54, 1.807) is 0 Å². The van der Waals surface area contributed by atoms with Gasteiger partial charge in [-0.2, -0.15) is 0 Å². The minimum atomic E-state index is 0.134. The summed E-state index contributed by atoms with van der Waals surface area (Å²) in [4.78, 5) is 0.